The smallest absolute Gasteiger partial charge is 0.240 e. The van der Waals surface area contributed by atoms with Crippen LogP contribution in [0, 0.1) is 0 Å². The molecule has 5 nitrogen and oxygen atoms in total. The second-order valence-electron chi connectivity index (χ2n) is 7.24. The van der Waals surface area contributed by atoms with E-state index in [2.05, 4.69) is 5.32 Å². The maximum Gasteiger partial charge on any atom is 0.240 e. The third kappa shape index (κ3) is 5.18. The highest BCUT2D eigenvalue weighted by Crippen LogP contribution is 2.32. The minimum absolute atomic E-state index is 0. The Bertz CT molecular complexity index is 777. The maximum absolute atomic E-state index is 12.5. The Morgan fingerprint density at radius 2 is 1.82 bits per heavy atom. The lowest BCUT2D eigenvalue weighted by Gasteiger charge is -2.25. The van der Waals surface area contributed by atoms with Crippen molar-refractivity contribution in [2.75, 3.05) is 7.11 Å². The molecule has 0 radical (unpaired) electrons. The average Bonchev–Trinajstić information content (AvgIpc) is 3.15. The molecule has 6 heteroatoms. The summed E-state index contributed by atoms with van der Waals surface area (Å²) >= 11 is 0. The van der Waals surface area contributed by atoms with Gasteiger partial charge in [0.05, 0.1) is 18.7 Å². The molecule has 1 fully saturated rings. The van der Waals surface area contributed by atoms with Crippen LogP contribution in [0.4, 0.5) is 0 Å². The molecule has 2 aromatic rings. The van der Waals surface area contributed by atoms with Gasteiger partial charge in [-0.05, 0) is 43.0 Å². The highest BCUT2D eigenvalue weighted by molar-refractivity contribution is 5.86. The quantitative estimate of drug-likeness (QED) is 0.727. The topological polar surface area (TPSA) is 73.6 Å². The third-order valence-corrected chi connectivity index (χ3v) is 5.22. The second-order valence-corrected chi connectivity index (χ2v) is 7.24. The van der Waals surface area contributed by atoms with Crippen molar-refractivity contribution >= 4 is 18.3 Å². The van der Waals surface area contributed by atoms with Crippen molar-refractivity contribution < 1.29 is 14.3 Å². The molecular weight excluding hydrogens is 376 g/mol. The van der Waals surface area contributed by atoms with Crippen LogP contribution in [0.15, 0.2) is 48.5 Å². The van der Waals surface area contributed by atoms with Crippen LogP contribution in [0.2, 0.25) is 0 Å². The summed E-state index contributed by atoms with van der Waals surface area (Å²) < 4.78 is 11.4. The molecule has 0 bridgehead atoms. The second kappa shape index (κ2) is 9.80. The van der Waals surface area contributed by atoms with Gasteiger partial charge in [-0.3, -0.25) is 4.79 Å². The van der Waals surface area contributed by atoms with Crippen molar-refractivity contribution in [2.45, 2.75) is 50.8 Å². The minimum atomic E-state index is -0.725. The largest absolute Gasteiger partial charge is 0.493 e. The molecule has 28 heavy (non-hydrogen) atoms. The number of hydrogen-bond acceptors (Lipinski definition) is 4. The molecule has 0 spiro atoms. The van der Waals surface area contributed by atoms with Crippen molar-refractivity contribution in [3.63, 3.8) is 0 Å². The van der Waals surface area contributed by atoms with E-state index < -0.39 is 5.54 Å². The van der Waals surface area contributed by atoms with Crippen LogP contribution in [0.5, 0.6) is 11.5 Å². The standard InChI is InChI=1S/C22H28N2O3.ClH/c1-16(24-21(25)22(23)12-6-7-13-22)18-10-11-19(20(14-18)26-2)27-15-17-8-4-3-5-9-17;/h3-5,8-11,14,16H,6-7,12-13,15,23H2,1-2H3,(H,24,25);1H. The number of nitrogens with one attached hydrogen (secondary N) is 1. The zero-order valence-electron chi connectivity index (χ0n) is 16.4. The van der Waals surface area contributed by atoms with Gasteiger partial charge >= 0.3 is 0 Å². The van der Waals surface area contributed by atoms with E-state index in [1.54, 1.807) is 7.11 Å². The zero-order chi connectivity index (χ0) is 19.3. The van der Waals surface area contributed by atoms with Gasteiger partial charge in [0.25, 0.3) is 0 Å². The molecule has 1 aliphatic rings. The Balaban J connectivity index is 0.00000280. The molecule has 1 amide bonds. The lowest BCUT2D eigenvalue weighted by Crippen LogP contribution is -2.52. The molecule has 1 atom stereocenters. The number of methoxy groups -OCH3 is 1. The lowest BCUT2D eigenvalue weighted by molar-refractivity contribution is -0.126. The van der Waals surface area contributed by atoms with E-state index in [9.17, 15) is 4.79 Å². The first-order valence-corrected chi connectivity index (χ1v) is 9.46. The lowest BCUT2D eigenvalue weighted by atomic mass is 9.97. The number of halogens is 1. The summed E-state index contributed by atoms with van der Waals surface area (Å²) in [5, 5.41) is 3.05. The SMILES string of the molecule is COc1cc(C(C)NC(=O)C2(N)CCCC2)ccc1OCc1ccccc1.Cl. The number of nitrogens with two attached hydrogens (primary N) is 1. The maximum atomic E-state index is 12.5. The van der Waals surface area contributed by atoms with E-state index in [1.165, 1.54) is 0 Å². The number of carbonyl (C=O) groups excluding carboxylic acids is 1. The summed E-state index contributed by atoms with van der Waals surface area (Å²) in [6.45, 7) is 2.42. The van der Waals surface area contributed by atoms with Crippen LogP contribution in [0.3, 0.4) is 0 Å². The minimum Gasteiger partial charge on any atom is -0.493 e. The normalized spacial score (nSPS) is 16.0. The monoisotopic (exact) mass is 404 g/mol. The number of amides is 1. The first-order chi connectivity index (χ1) is 13.0. The van der Waals surface area contributed by atoms with Crippen molar-refractivity contribution in [1.82, 2.24) is 5.32 Å². The van der Waals surface area contributed by atoms with Gasteiger partial charge < -0.3 is 20.5 Å². The van der Waals surface area contributed by atoms with Gasteiger partial charge in [0.2, 0.25) is 5.91 Å². The van der Waals surface area contributed by atoms with Crippen molar-refractivity contribution in [3.05, 3.63) is 59.7 Å². The summed E-state index contributed by atoms with van der Waals surface area (Å²) in [7, 11) is 1.62. The first-order valence-electron chi connectivity index (χ1n) is 9.46. The summed E-state index contributed by atoms with van der Waals surface area (Å²) in [4.78, 5) is 12.5. The van der Waals surface area contributed by atoms with Crippen molar-refractivity contribution in [1.29, 1.82) is 0 Å². The fourth-order valence-corrected chi connectivity index (χ4v) is 3.46. The number of ether oxygens (including phenoxy) is 2. The summed E-state index contributed by atoms with van der Waals surface area (Å²) in [5.74, 6) is 1.25. The van der Waals surface area contributed by atoms with Gasteiger partial charge in [0.1, 0.15) is 6.61 Å². The number of rotatable bonds is 7. The number of benzene rings is 2. The van der Waals surface area contributed by atoms with Crippen LogP contribution in [0.1, 0.15) is 49.8 Å². The first kappa shape index (κ1) is 22.1. The van der Waals surface area contributed by atoms with E-state index >= 15 is 0 Å². The van der Waals surface area contributed by atoms with Crippen LogP contribution >= 0.6 is 12.4 Å². The molecule has 1 saturated carbocycles. The van der Waals surface area contributed by atoms with Crippen molar-refractivity contribution in [2.24, 2.45) is 5.73 Å². The molecule has 0 aromatic heterocycles. The highest BCUT2D eigenvalue weighted by Gasteiger charge is 2.37. The molecule has 152 valence electrons. The number of carbonyl (C=O) groups is 1. The van der Waals surface area contributed by atoms with Crippen LogP contribution < -0.4 is 20.5 Å². The average molecular weight is 405 g/mol. The van der Waals surface area contributed by atoms with Gasteiger partial charge in [0.15, 0.2) is 11.5 Å². The third-order valence-electron chi connectivity index (χ3n) is 5.22. The van der Waals surface area contributed by atoms with Crippen LogP contribution in [-0.2, 0) is 11.4 Å². The van der Waals surface area contributed by atoms with E-state index in [0.717, 1.165) is 36.8 Å². The predicted octanol–water partition coefficient (Wildman–Crippen LogP) is 4.14. The molecule has 3 N–H and O–H groups in total. The highest BCUT2D eigenvalue weighted by atomic mass is 35.5. The summed E-state index contributed by atoms with van der Waals surface area (Å²) in [6, 6.07) is 15.6. The molecule has 2 aromatic carbocycles. The summed E-state index contributed by atoms with van der Waals surface area (Å²) in [5.41, 5.74) is 7.57. The predicted molar refractivity (Wildman–Crippen MR) is 113 cm³/mol. The zero-order valence-corrected chi connectivity index (χ0v) is 17.3. The molecule has 1 unspecified atom stereocenters. The molecule has 0 heterocycles. The Hall–Kier alpha value is -2.24. The van der Waals surface area contributed by atoms with Crippen LogP contribution in [-0.4, -0.2) is 18.6 Å². The van der Waals surface area contributed by atoms with E-state index in [1.807, 2.05) is 55.5 Å². The van der Waals surface area contributed by atoms with E-state index in [-0.39, 0.29) is 24.4 Å². The molecule has 0 saturated heterocycles. The van der Waals surface area contributed by atoms with E-state index in [0.29, 0.717) is 18.1 Å². The van der Waals surface area contributed by atoms with Gasteiger partial charge in [0, 0.05) is 0 Å². The fourth-order valence-electron chi connectivity index (χ4n) is 3.46. The molecule has 0 aliphatic heterocycles. The van der Waals surface area contributed by atoms with E-state index in [4.69, 9.17) is 15.2 Å². The molecule has 3 rings (SSSR count). The Kier molecular flexibility index (Phi) is 7.72. The summed E-state index contributed by atoms with van der Waals surface area (Å²) in [6.07, 6.45) is 3.53. The number of hydrogen-bond donors (Lipinski definition) is 2. The Labute approximate surface area is 173 Å². The van der Waals surface area contributed by atoms with Gasteiger partial charge in [-0.2, -0.15) is 0 Å². The Morgan fingerprint density at radius 1 is 1.14 bits per heavy atom. The van der Waals surface area contributed by atoms with Gasteiger partial charge in [-0.25, -0.2) is 0 Å². The Morgan fingerprint density at radius 3 is 2.46 bits per heavy atom. The van der Waals surface area contributed by atoms with Gasteiger partial charge in [-0.15, -0.1) is 12.4 Å². The fraction of sp³-hybridized carbons (Fsp3) is 0.409. The van der Waals surface area contributed by atoms with Crippen LogP contribution in [0.25, 0.3) is 0 Å². The van der Waals surface area contributed by atoms with Crippen molar-refractivity contribution in [3.8, 4) is 11.5 Å². The molecule has 1 aliphatic carbocycles. The molecular formula is C22H29ClN2O3. The van der Waals surface area contributed by atoms with Gasteiger partial charge in [-0.1, -0.05) is 49.2 Å².